The lowest BCUT2D eigenvalue weighted by molar-refractivity contribution is 0.0127. The topological polar surface area (TPSA) is 71.8 Å². The van der Waals surface area contributed by atoms with Crippen LogP contribution < -0.4 is 4.72 Å². The van der Waals surface area contributed by atoms with Gasteiger partial charge in [-0.15, -0.1) is 0 Å². The molecule has 3 rings (SSSR count). The third-order valence-electron chi connectivity index (χ3n) is 4.36. The van der Waals surface area contributed by atoms with Crippen LogP contribution in [-0.2, 0) is 14.8 Å². The zero-order valence-corrected chi connectivity index (χ0v) is 16.7. The van der Waals surface area contributed by atoms with Crippen molar-refractivity contribution in [1.29, 1.82) is 0 Å². The Morgan fingerprint density at radius 2 is 1.89 bits per heavy atom. The summed E-state index contributed by atoms with van der Waals surface area (Å²) in [5.41, 5.74) is 0.760. The zero-order chi connectivity index (χ0) is 19.3. The first kappa shape index (κ1) is 20.1. The number of nitrogens with zero attached hydrogens (tertiary/aromatic N) is 1. The molecule has 1 aromatic heterocycles. The molecule has 1 aliphatic heterocycles. The Balaban J connectivity index is 1.68. The van der Waals surface area contributed by atoms with Crippen LogP contribution in [0.1, 0.15) is 23.1 Å². The van der Waals surface area contributed by atoms with Gasteiger partial charge >= 0.3 is 0 Å². The summed E-state index contributed by atoms with van der Waals surface area (Å²) in [4.78, 5) is 2.17. The molecule has 1 fully saturated rings. The molecule has 0 aliphatic carbocycles. The first-order chi connectivity index (χ1) is 12.9. The summed E-state index contributed by atoms with van der Waals surface area (Å²) in [7, 11) is -3.59. The minimum absolute atomic E-state index is 0.179. The largest absolute Gasteiger partial charge is 0.465 e. The molecule has 2 aromatic rings. The zero-order valence-electron chi connectivity index (χ0n) is 15.1. The van der Waals surface area contributed by atoms with E-state index < -0.39 is 10.0 Å². The molecule has 0 amide bonds. The van der Waals surface area contributed by atoms with Crippen LogP contribution in [0.15, 0.2) is 46.2 Å². The maximum Gasteiger partial charge on any atom is 0.233 e. The molecule has 2 heterocycles. The number of morpholine rings is 1. The molecule has 1 unspecified atom stereocenters. The monoisotopic (exact) mass is 410 g/mol. The van der Waals surface area contributed by atoms with Crippen LogP contribution in [0.2, 0.25) is 5.02 Å². The van der Waals surface area contributed by atoms with Gasteiger partial charge in [0.2, 0.25) is 10.0 Å². The van der Waals surface area contributed by atoms with Gasteiger partial charge in [0.05, 0.1) is 19.3 Å². The molecule has 1 N–H and O–H groups in total. The molecular weight excluding hydrogens is 388 g/mol. The van der Waals surface area contributed by atoms with Crippen LogP contribution in [0.25, 0.3) is 6.08 Å². The number of sulfonamides is 1. The van der Waals surface area contributed by atoms with Gasteiger partial charge in [0.15, 0.2) is 0 Å². The summed E-state index contributed by atoms with van der Waals surface area (Å²) in [6.07, 6.45) is 1.54. The minimum Gasteiger partial charge on any atom is -0.465 e. The van der Waals surface area contributed by atoms with Gasteiger partial charge in [-0.05, 0) is 42.8 Å². The average molecular weight is 411 g/mol. The van der Waals surface area contributed by atoms with Crippen LogP contribution in [0.4, 0.5) is 0 Å². The lowest BCUT2D eigenvalue weighted by atomic mass is 10.2. The molecule has 0 bridgehead atoms. The predicted octanol–water partition coefficient (Wildman–Crippen LogP) is 3.21. The number of benzene rings is 1. The van der Waals surface area contributed by atoms with Crippen molar-refractivity contribution in [2.75, 3.05) is 32.8 Å². The molecule has 8 heteroatoms. The molecule has 0 saturated carbocycles. The van der Waals surface area contributed by atoms with Crippen molar-refractivity contribution in [2.45, 2.75) is 13.0 Å². The van der Waals surface area contributed by atoms with Crippen molar-refractivity contribution in [3.8, 4) is 0 Å². The molecule has 1 saturated heterocycles. The fraction of sp³-hybridized carbons (Fsp3) is 0.368. The highest BCUT2D eigenvalue weighted by Crippen LogP contribution is 2.23. The van der Waals surface area contributed by atoms with E-state index in [2.05, 4.69) is 9.62 Å². The van der Waals surface area contributed by atoms with Crippen LogP contribution >= 0.6 is 11.6 Å². The third kappa shape index (κ3) is 5.92. The Morgan fingerprint density at radius 3 is 2.52 bits per heavy atom. The van der Waals surface area contributed by atoms with E-state index in [9.17, 15) is 8.42 Å². The summed E-state index contributed by atoms with van der Waals surface area (Å²) in [6.45, 7) is 4.80. The highest BCUT2D eigenvalue weighted by Gasteiger charge is 2.26. The minimum atomic E-state index is -3.59. The van der Waals surface area contributed by atoms with E-state index in [0.29, 0.717) is 18.2 Å². The number of hydrogen-bond donors (Lipinski definition) is 1. The van der Waals surface area contributed by atoms with Crippen molar-refractivity contribution in [2.24, 2.45) is 0 Å². The van der Waals surface area contributed by atoms with Crippen LogP contribution in [0.5, 0.6) is 0 Å². The van der Waals surface area contributed by atoms with Crippen molar-refractivity contribution < 1.29 is 17.6 Å². The first-order valence-corrected chi connectivity index (χ1v) is 10.7. The number of nitrogens with one attached hydrogen (secondary N) is 1. The van der Waals surface area contributed by atoms with Crippen molar-refractivity contribution in [1.82, 2.24) is 9.62 Å². The lowest BCUT2D eigenvalue weighted by Gasteiger charge is -2.33. The standard InChI is InChI=1S/C19H23ClN2O4S/c1-15-2-7-19(26-15)18(22-9-11-25-12-10-22)14-21-27(23,24)13-8-16-3-5-17(20)6-4-16/h2-8,13,18,21H,9-12,14H2,1H3/b13-8+. The van der Waals surface area contributed by atoms with Gasteiger partial charge in [-0.2, -0.15) is 0 Å². The smallest absolute Gasteiger partial charge is 0.233 e. The Hall–Kier alpha value is -1.64. The molecule has 1 atom stereocenters. The molecule has 1 aromatic carbocycles. The molecule has 1 aliphatic rings. The van der Waals surface area contributed by atoms with E-state index in [-0.39, 0.29) is 12.6 Å². The highest BCUT2D eigenvalue weighted by molar-refractivity contribution is 7.92. The quantitative estimate of drug-likeness (QED) is 0.758. The van der Waals surface area contributed by atoms with E-state index in [1.807, 2.05) is 19.1 Å². The highest BCUT2D eigenvalue weighted by atomic mass is 35.5. The normalized spacial score (nSPS) is 17.4. The van der Waals surface area contributed by atoms with Gasteiger partial charge < -0.3 is 9.15 Å². The van der Waals surface area contributed by atoms with Gasteiger partial charge in [0, 0.05) is 30.1 Å². The molecule has 0 spiro atoms. The van der Waals surface area contributed by atoms with Gasteiger partial charge in [-0.1, -0.05) is 23.7 Å². The molecule has 6 nitrogen and oxygen atoms in total. The molecule has 0 radical (unpaired) electrons. The third-order valence-corrected chi connectivity index (χ3v) is 5.68. The number of halogens is 1. The number of hydrogen-bond acceptors (Lipinski definition) is 5. The van der Waals surface area contributed by atoms with Crippen molar-refractivity contribution in [3.63, 3.8) is 0 Å². The fourth-order valence-electron chi connectivity index (χ4n) is 2.92. The second kappa shape index (κ2) is 9.03. The van der Waals surface area contributed by atoms with Gasteiger partial charge in [0.25, 0.3) is 0 Å². The predicted molar refractivity (Wildman–Crippen MR) is 106 cm³/mol. The van der Waals surface area contributed by atoms with Gasteiger partial charge in [-0.3, -0.25) is 4.90 Å². The van der Waals surface area contributed by atoms with Crippen LogP contribution in [-0.4, -0.2) is 46.2 Å². The Morgan fingerprint density at radius 1 is 1.19 bits per heavy atom. The molecule has 27 heavy (non-hydrogen) atoms. The van der Waals surface area contributed by atoms with Crippen LogP contribution in [0, 0.1) is 6.92 Å². The summed E-state index contributed by atoms with van der Waals surface area (Å²) in [5, 5.41) is 1.77. The average Bonchev–Trinajstić information content (AvgIpc) is 3.08. The first-order valence-electron chi connectivity index (χ1n) is 8.74. The van der Waals surface area contributed by atoms with E-state index in [0.717, 1.165) is 30.2 Å². The molecule has 146 valence electrons. The summed E-state index contributed by atoms with van der Waals surface area (Å²) < 4.78 is 38.6. The second-order valence-electron chi connectivity index (χ2n) is 6.36. The lowest BCUT2D eigenvalue weighted by Crippen LogP contribution is -2.43. The Kier molecular flexibility index (Phi) is 6.73. The number of aryl methyl sites for hydroxylation is 1. The SMILES string of the molecule is Cc1ccc(C(CNS(=O)(=O)/C=C/c2ccc(Cl)cc2)N2CCOCC2)o1. The number of ether oxygens (including phenoxy) is 1. The van der Waals surface area contributed by atoms with Gasteiger partial charge in [-0.25, -0.2) is 13.1 Å². The van der Waals surface area contributed by atoms with Crippen LogP contribution in [0.3, 0.4) is 0 Å². The second-order valence-corrected chi connectivity index (χ2v) is 8.45. The maximum absolute atomic E-state index is 12.4. The van der Waals surface area contributed by atoms with Gasteiger partial charge in [0.1, 0.15) is 11.5 Å². The summed E-state index contributed by atoms with van der Waals surface area (Å²) in [6, 6.07) is 10.6. The van der Waals surface area contributed by atoms with E-state index in [1.165, 1.54) is 5.41 Å². The summed E-state index contributed by atoms with van der Waals surface area (Å²) >= 11 is 5.84. The van der Waals surface area contributed by atoms with Crippen molar-refractivity contribution in [3.05, 3.63) is 63.9 Å². The number of rotatable bonds is 7. The fourth-order valence-corrected chi connectivity index (χ4v) is 3.87. The maximum atomic E-state index is 12.4. The Bertz CT molecular complexity index is 871. The Labute approximate surface area is 164 Å². The van der Waals surface area contributed by atoms with Crippen molar-refractivity contribution >= 4 is 27.7 Å². The summed E-state index contributed by atoms with van der Waals surface area (Å²) in [5.74, 6) is 1.55. The van der Waals surface area contributed by atoms with E-state index in [4.69, 9.17) is 20.8 Å². The molecular formula is C19H23ClN2O4S. The van der Waals surface area contributed by atoms with E-state index in [1.54, 1.807) is 30.3 Å². The number of furan rings is 1. The van der Waals surface area contributed by atoms with E-state index >= 15 is 0 Å².